The highest BCUT2D eigenvalue weighted by Crippen LogP contribution is 2.29. The van der Waals surface area contributed by atoms with Gasteiger partial charge in [-0.15, -0.1) is 0 Å². The van der Waals surface area contributed by atoms with Gasteiger partial charge < -0.3 is 29.5 Å². The zero-order valence-electron chi connectivity index (χ0n) is 30.2. The number of nitrogens with zero attached hydrogens (tertiary/aromatic N) is 1. The number of unbranched alkanes of at least 4 members (excludes halogenated alkanes) is 2. The lowest BCUT2D eigenvalue weighted by molar-refractivity contribution is -0.152. The Morgan fingerprint density at radius 3 is 2.24 bits per heavy atom. The monoisotopic (exact) mass is 682 g/mol. The number of esters is 1. The van der Waals surface area contributed by atoms with Gasteiger partial charge in [-0.05, 0) is 82.1 Å². The van der Waals surface area contributed by atoms with Crippen LogP contribution in [0.3, 0.4) is 0 Å². The summed E-state index contributed by atoms with van der Waals surface area (Å²) in [4.78, 5) is 49.4. The van der Waals surface area contributed by atoms with E-state index in [2.05, 4.69) is 29.1 Å². The van der Waals surface area contributed by atoms with Crippen molar-refractivity contribution in [3.05, 3.63) is 65.7 Å². The highest BCUT2D eigenvalue weighted by molar-refractivity contribution is 5.92. The molecular weight excluding hydrogens is 624 g/mol. The Kier molecular flexibility index (Phi) is 19.1. The standard InChI is InChI=1S/C22H30N2O5.C12H18O.C5H10O2/c1-29-22(28)18-11-6-12-24(18)21(27)20(16-8-3-2-4-9-16)23-19(26)14-15-7-5-10-17(25)13-15;1-2-3-7-10-13-11-12-8-5-4-6-9-12;1-5(2,3)7-4-6/h5,7,10,13,16,18,20,25H,2-4,6,8-9,11-12,14H2,1H3,(H,23,26);4-6,8-9H,2-3,7,10-11H2,1H3;4H,1-3H3/t18?,20-;;/m0../s1. The molecule has 1 saturated carbocycles. The third kappa shape index (κ3) is 16.4. The highest BCUT2D eigenvalue weighted by Gasteiger charge is 2.41. The molecule has 0 radical (unpaired) electrons. The Morgan fingerprint density at radius 2 is 1.65 bits per heavy atom. The summed E-state index contributed by atoms with van der Waals surface area (Å²) in [6.45, 7) is 10.3. The first-order valence-corrected chi connectivity index (χ1v) is 17.7. The number of aromatic hydroxyl groups is 1. The molecule has 2 amide bonds. The van der Waals surface area contributed by atoms with E-state index in [0.29, 0.717) is 25.0 Å². The number of amides is 2. The van der Waals surface area contributed by atoms with Crippen molar-refractivity contribution in [3.8, 4) is 5.75 Å². The fourth-order valence-corrected chi connectivity index (χ4v) is 5.88. The first kappa shape index (κ1) is 41.3. The van der Waals surface area contributed by atoms with E-state index < -0.39 is 18.1 Å². The third-order valence-electron chi connectivity index (χ3n) is 8.39. The largest absolute Gasteiger partial charge is 0.508 e. The molecule has 2 aliphatic rings. The molecular formula is C39H58N2O8. The summed E-state index contributed by atoms with van der Waals surface area (Å²) in [7, 11) is 1.33. The van der Waals surface area contributed by atoms with Gasteiger partial charge in [0.25, 0.3) is 6.47 Å². The van der Waals surface area contributed by atoms with Crippen LogP contribution in [0.25, 0.3) is 0 Å². The van der Waals surface area contributed by atoms with Crippen LogP contribution in [0.4, 0.5) is 0 Å². The third-order valence-corrected chi connectivity index (χ3v) is 8.39. The number of rotatable bonds is 13. The van der Waals surface area contributed by atoms with Gasteiger partial charge in [0.15, 0.2) is 0 Å². The van der Waals surface area contributed by atoms with Gasteiger partial charge in [0.2, 0.25) is 11.8 Å². The molecule has 10 heteroatoms. The topological polar surface area (TPSA) is 131 Å². The number of hydrogen-bond acceptors (Lipinski definition) is 8. The van der Waals surface area contributed by atoms with E-state index in [1.807, 2.05) is 39.0 Å². The predicted molar refractivity (Wildman–Crippen MR) is 190 cm³/mol. The van der Waals surface area contributed by atoms with Crippen molar-refractivity contribution < 1.29 is 38.5 Å². The van der Waals surface area contributed by atoms with Crippen LogP contribution in [-0.2, 0) is 46.4 Å². The minimum absolute atomic E-state index is 0.0725. The van der Waals surface area contributed by atoms with Crippen LogP contribution in [0.15, 0.2) is 54.6 Å². The van der Waals surface area contributed by atoms with Crippen molar-refractivity contribution in [2.24, 2.45) is 5.92 Å². The maximum Gasteiger partial charge on any atom is 0.328 e. The van der Waals surface area contributed by atoms with Crippen molar-refractivity contribution >= 4 is 24.3 Å². The van der Waals surface area contributed by atoms with E-state index in [1.54, 1.807) is 29.2 Å². The van der Waals surface area contributed by atoms with Crippen molar-refractivity contribution in [2.75, 3.05) is 20.3 Å². The number of likely N-dealkylation sites (tertiary alicyclic amines) is 1. The highest BCUT2D eigenvalue weighted by atomic mass is 16.5. The minimum atomic E-state index is -0.634. The molecule has 1 saturated heterocycles. The fourth-order valence-electron chi connectivity index (χ4n) is 5.88. The van der Waals surface area contributed by atoms with E-state index in [0.717, 1.165) is 51.7 Å². The molecule has 10 nitrogen and oxygen atoms in total. The van der Waals surface area contributed by atoms with Gasteiger partial charge in [0.05, 0.1) is 20.1 Å². The van der Waals surface area contributed by atoms with E-state index in [4.69, 9.17) is 9.47 Å². The molecule has 272 valence electrons. The molecule has 0 aromatic heterocycles. The molecule has 1 aliphatic heterocycles. The van der Waals surface area contributed by atoms with Crippen LogP contribution in [-0.4, -0.2) is 72.2 Å². The number of phenolic OH excluding ortho intramolecular Hbond substituents is 1. The number of carbonyl (C=O) groups excluding carboxylic acids is 4. The van der Waals surface area contributed by atoms with Gasteiger partial charge in [-0.2, -0.15) is 0 Å². The lowest BCUT2D eigenvalue weighted by atomic mass is 9.83. The molecule has 0 spiro atoms. The molecule has 2 atom stereocenters. The zero-order valence-corrected chi connectivity index (χ0v) is 30.2. The van der Waals surface area contributed by atoms with E-state index in [1.165, 1.54) is 31.9 Å². The van der Waals surface area contributed by atoms with Crippen LogP contribution in [0, 0.1) is 5.92 Å². The maximum absolute atomic E-state index is 13.4. The van der Waals surface area contributed by atoms with Crippen molar-refractivity contribution in [3.63, 3.8) is 0 Å². The summed E-state index contributed by atoms with van der Waals surface area (Å²) in [6.07, 6.45) is 10.1. The number of phenols is 1. The number of benzene rings is 2. The average Bonchev–Trinajstić information content (AvgIpc) is 3.58. The van der Waals surface area contributed by atoms with Crippen molar-refractivity contribution in [1.29, 1.82) is 0 Å². The smallest absolute Gasteiger partial charge is 0.328 e. The molecule has 4 rings (SSSR count). The SMILES string of the molecule is CC(C)(C)OC=O.CCCCCOCc1ccccc1.COC(=O)C1CCCN1C(=O)[C@@H](NC(=O)Cc1cccc(O)c1)C1CCCCC1. The maximum atomic E-state index is 13.4. The lowest BCUT2D eigenvalue weighted by Gasteiger charge is -2.34. The number of hydrogen-bond donors (Lipinski definition) is 2. The van der Waals surface area contributed by atoms with E-state index >= 15 is 0 Å². The number of carbonyl (C=O) groups is 4. The number of nitrogens with one attached hydrogen (secondary N) is 1. The molecule has 49 heavy (non-hydrogen) atoms. The molecule has 1 aliphatic carbocycles. The van der Waals surface area contributed by atoms with Crippen molar-refractivity contribution in [2.45, 2.75) is 123 Å². The fraction of sp³-hybridized carbons (Fsp3) is 0.590. The second-order valence-electron chi connectivity index (χ2n) is 13.6. The predicted octanol–water partition coefficient (Wildman–Crippen LogP) is 6.52. The average molecular weight is 683 g/mol. The minimum Gasteiger partial charge on any atom is -0.508 e. The Labute approximate surface area is 292 Å². The van der Waals surface area contributed by atoms with Crippen LogP contribution in [0.5, 0.6) is 5.75 Å². The Bertz CT molecular complexity index is 1260. The molecule has 1 unspecified atom stereocenters. The number of methoxy groups -OCH3 is 1. The molecule has 2 fully saturated rings. The van der Waals surface area contributed by atoms with Gasteiger partial charge in [-0.3, -0.25) is 14.4 Å². The first-order valence-electron chi connectivity index (χ1n) is 17.7. The molecule has 2 aromatic rings. The summed E-state index contributed by atoms with van der Waals surface area (Å²) in [5.41, 5.74) is 1.63. The molecule has 2 aromatic carbocycles. The van der Waals surface area contributed by atoms with Crippen LogP contribution in [0.1, 0.15) is 103 Å². The van der Waals surface area contributed by atoms with Crippen LogP contribution in [0.2, 0.25) is 0 Å². The van der Waals surface area contributed by atoms with E-state index in [-0.39, 0.29) is 35.5 Å². The lowest BCUT2D eigenvalue weighted by Crippen LogP contribution is -2.55. The van der Waals surface area contributed by atoms with Crippen LogP contribution < -0.4 is 5.32 Å². The van der Waals surface area contributed by atoms with Gasteiger partial charge in [-0.25, -0.2) is 4.79 Å². The van der Waals surface area contributed by atoms with Gasteiger partial charge in [0, 0.05) is 13.2 Å². The van der Waals surface area contributed by atoms with Crippen molar-refractivity contribution in [1.82, 2.24) is 10.2 Å². The second-order valence-corrected chi connectivity index (χ2v) is 13.6. The van der Waals surface area contributed by atoms with Gasteiger partial charge in [-0.1, -0.05) is 81.5 Å². The van der Waals surface area contributed by atoms with Crippen LogP contribution >= 0.6 is 0 Å². The normalized spacial score (nSPS) is 16.6. The zero-order chi connectivity index (χ0) is 36.1. The molecule has 0 bridgehead atoms. The number of ether oxygens (including phenoxy) is 3. The summed E-state index contributed by atoms with van der Waals surface area (Å²) in [6, 6.07) is 15.7. The summed E-state index contributed by atoms with van der Waals surface area (Å²) < 4.78 is 14.9. The first-order chi connectivity index (χ1) is 23.5. The quantitative estimate of drug-likeness (QED) is 0.139. The summed E-state index contributed by atoms with van der Waals surface area (Å²) in [5, 5.41) is 12.6. The Balaban J connectivity index is 0.000000342. The summed E-state index contributed by atoms with van der Waals surface area (Å²) in [5.74, 6) is -0.664. The molecule has 2 N–H and O–H groups in total. The Morgan fingerprint density at radius 1 is 0.959 bits per heavy atom. The van der Waals surface area contributed by atoms with Gasteiger partial charge in [0.1, 0.15) is 23.4 Å². The van der Waals surface area contributed by atoms with Gasteiger partial charge >= 0.3 is 5.97 Å². The Hall–Kier alpha value is -3.92. The molecule has 1 heterocycles. The second kappa shape index (κ2) is 22.7. The summed E-state index contributed by atoms with van der Waals surface area (Å²) >= 11 is 0. The van der Waals surface area contributed by atoms with E-state index in [9.17, 15) is 24.3 Å².